The number of rotatable bonds is 3. The summed E-state index contributed by atoms with van der Waals surface area (Å²) in [5.41, 5.74) is 0.672. The van der Waals surface area contributed by atoms with E-state index in [0.717, 1.165) is 25.0 Å². The van der Waals surface area contributed by atoms with E-state index in [1.165, 1.54) is 4.90 Å². The number of halogens is 2. The second-order valence-corrected chi connectivity index (χ2v) is 7.16. The summed E-state index contributed by atoms with van der Waals surface area (Å²) in [6, 6.07) is 8.72. The highest BCUT2D eigenvalue weighted by molar-refractivity contribution is 6.13. The van der Waals surface area contributed by atoms with E-state index in [4.69, 9.17) is 0 Å². The standard InChI is InChI=1S/C21H19F2N3O3/c22-13-9-14(23)11-15(10-13)24-19(27)12-26-17-6-2-1-5-16(17)20(28)25-8-4-3-7-18(25)21(26)29/h1-2,5-6,9-11,18H,3-4,7-8,12H2,(H,24,27). The maximum absolute atomic E-state index is 13.4. The Labute approximate surface area is 166 Å². The normalized spacial score (nSPS) is 18.8. The van der Waals surface area contributed by atoms with Crippen molar-refractivity contribution in [2.75, 3.05) is 23.3 Å². The van der Waals surface area contributed by atoms with E-state index in [-0.39, 0.29) is 24.0 Å². The summed E-state index contributed by atoms with van der Waals surface area (Å²) in [6.07, 6.45) is 2.17. The van der Waals surface area contributed by atoms with Crippen molar-refractivity contribution in [1.29, 1.82) is 0 Å². The van der Waals surface area contributed by atoms with Crippen LogP contribution in [0.25, 0.3) is 0 Å². The molecule has 29 heavy (non-hydrogen) atoms. The van der Waals surface area contributed by atoms with Crippen LogP contribution in [0, 0.1) is 11.6 Å². The number of hydrogen-bond acceptors (Lipinski definition) is 3. The van der Waals surface area contributed by atoms with Crippen molar-refractivity contribution in [1.82, 2.24) is 4.90 Å². The number of amides is 3. The molecule has 4 rings (SSSR count). The van der Waals surface area contributed by atoms with Gasteiger partial charge in [0, 0.05) is 18.3 Å². The van der Waals surface area contributed by atoms with E-state index < -0.39 is 23.6 Å². The van der Waals surface area contributed by atoms with Crippen LogP contribution < -0.4 is 10.2 Å². The van der Waals surface area contributed by atoms with Crippen molar-refractivity contribution < 1.29 is 23.2 Å². The van der Waals surface area contributed by atoms with Crippen molar-refractivity contribution in [3.8, 4) is 0 Å². The van der Waals surface area contributed by atoms with Crippen LogP contribution in [0.15, 0.2) is 42.5 Å². The molecule has 0 spiro atoms. The topological polar surface area (TPSA) is 69.7 Å². The van der Waals surface area contributed by atoms with Crippen LogP contribution in [0.1, 0.15) is 29.6 Å². The Kier molecular flexibility index (Phi) is 5.00. The second-order valence-electron chi connectivity index (χ2n) is 7.16. The van der Waals surface area contributed by atoms with Crippen LogP contribution in [0.3, 0.4) is 0 Å². The highest BCUT2D eigenvalue weighted by Gasteiger charge is 2.40. The van der Waals surface area contributed by atoms with Crippen LogP contribution in [-0.4, -0.2) is 41.8 Å². The molecule has 0 aliphatic carbocycles. The van der Waals surface area contributed by atoms with Crippen molar-refractivity contribution in [2.45, 2.75) is 25.3 Å². The monoisotopic (exact) mass is 399 g/mol. The van der Waals surface area contributed by atoms with E-state index in [9.17, 15) is 23.2 Å². The largest absolute Gasteiger partial charge is 0.327 e. The summed E-state index contributed by atoms with van der Waals surface area (Å²) in [4.78, 5) is 41.6. The molecule has 0 bridgehead atoms. The first-order valence-electron chi connectivity index (χ1n) is 9.41. The molecule has 0 radical (unpaired) electrons. The number of benzene rings is 2. The number of para-hydroxylation sites is 1. The molecular weight excluding hydrogens is 380 g/mol. The number of piperidine rings is 1. The molecule has 150 valence electrons. The van der Waals surface area contributed by atoms with Crippen LogP contribution in [0.4, 0.5) is 20.2 Å². The van der Waals surface area contributed by atoms with Crippen molar-refractivity contribution in [2.24, 2.45) is 0 Å². The molecule has 2 aliphatic heterocycles. The lowest BCUT2D eigenvalue weighted by atomic mass is 10.0. The fourth-order valence-electron chi connectivity index (χ4n) is 3.91. The van der Waals surface area contributed by atoms with Gasteiger partial charge in [0.1, 0.15) is 24.2 Å². The van der Waals surface area contributed by atoms with Gasteiger partial charge in [-0.3, -0.25) is 14.4 Å². The summed E-state index contributed by atoms with van der Waals surface area (Å²) < 4.78 is 26.8. The first-order valence-corrected chi connectivity index (χ1v) is 9.41. The Morgan fingerprint density at radius 2 is 1.79 bits per heavy atom. The van der Waals surface area contributed by atoms with Crippen LogP contribution >= 0.6 is 0 Å². The van der Waals surface area contributed by atoms with Gasteiger partial charge in [0.15, 0.2) is 0 Å². The summed E-state index contributed by atoms with van der Waals surface area (Å²) in [6.45, 7) is 0.123. The molecule has 1 saturated heterocycles. The van der Waals surface area contributed by atoms with Crippen LogP contribution in [0.2, 0.25) is 0 Å². The number of nitrogens with zero attached hydrogens (tertiary/aromatic N) is 2. The average molecular weight is 399 g/mol. The molecule has 8 heteroatoms. The maximum Gasteiger partial charge on any atom is 0.256 e. The number of nitrogens with one attached hydrogen (secondary N) is 1. The van der Waals surface area contributed by atoms with E-state index in [1.54, 1.807) is 29.2 Å². The van der Waals surface area contributed by atoms with Gasteiger partial charge in [-0.15, -0.1) is 0 Å². The van der Waals surface area contributed by atoms with Gasteiger partial charge in [-0.05, 0) is 43.5 Å². The number of carbonyl (C=O) groups excluding carboxylic acids is 3. The molecule has 6 nitrogen and oxygen atoms in total. The molecule has 0 saturated carbocycles. The van der Waals surface area contributed by atoms with Gasteiger partial charge in [-0.2, -0.15) is 0 Å². The molecule has 1 N–H and O–H groups in total. The van der Waals surface area contributed by atoms with Gasteiger partial charge in [0.25, 0.3) is 5.91 Å². The molecule has 2 aromatic rings. The molecule has 2 aromatic carbocycles. The van der Waals surface area contributed by atoms with Gasteiger partial charge >= 0.3 is 0 Å². The molecule has 2 heterocycles. The van der Waals surface area contributed by atoms with Gasteiger partial charge < -0.3 is 15.1 Å². The van der Waals surface area contributed by atoms with Gasteiger partial charge in [-0.1, -0.05) is 12.1 Å². The third-order valence-corrected chi connectivity index (χ3v) is 5.19. The quantitative estimate of drug-likeness (QED) is 0.863. The van der Waals surface area contributed by atoms with Gasteiger partial charge in [0.05, 0.1) is 11.3 Å². The van der Waals surface area contributed by atoms with Crippen molar-refractivity contribution in [3.63, 3.8) is 0 Å². The summed E-state index contributed by atoms with van der Waals surface area (Å²) in [5.74, 6) is -2.81. The Morgan fingerprint density at radius 3 is 2.55 bits per heavy atom. The second kappa shape index (κ2) is 7.62. The van der Waals surface area contributed by atoms with E-state index in [1.807, 2.05) is 0 Å². The van der Waals surface area contributed by atoms with E-state index in [2.05, 4.69) is 5.32 Å². The Bertz CT molecular complexity index is 975. The van der Waals surface area contributed by atoms with Crippen molar-refractivity contribution in [3.05, 3.63) is 59.7 Å². The highest BCUT2D eigenvalue weighted by Crippen LogP contribution is 2.31. The van der Waals surface area contributed by atoms with Gasteiger partial charge in [-0.25, -0.2) is 8.78 Å². The first kappa shape index (κ1) is 19.0. The number of carbonyl (C=O) groups is 3. The third kappa shape index (κ3) is 3.70. The number of anilines is 2. The lowest BCUT2D eigenvalue weighted by molar-refractivity contribution is -0.125. The molecule has 1 unspecified atom stereocenters. The summed E-state index contributed by atoms with van der Waals surface area (Å²) in [7, 11) is 0. The zero-order valence-corrected chi connectivity index (χ0v) is 15.5. The molecular formula is C21H19F2N3O3. The Balaban J connectivity index is 1.64. The smallest absolute Gasteiger partial charge is 0.256 e. The first-order chi connectivity index (χ1) is 13.9. The van der Waals surface area contributed by atoms with E-state index >= 15 is 0 Å². The zero-order valence-electron chi connectivity index (χ0n) is 15.5. The lowest BCUT2D eigenvalue weighted by Crippen LogP contribution is -2.52. The average Bonchev–Trinajstić information content (AvgIpc) is 2.77. The Morgan fingerprint density at radius 1 is 1.07 bits per heavy atom. The predicted octanol–water partition coefficient (Wildman–Crippen LogP) is 2.94. The Hall–Kier alpha value is -3.29. The molecule has 2 aliphatic rings. The fraction of sp³-hybridized carbons (Fsp3) is 0.286. The van der Waals surface area contributed by atoms with Crippen molar-refractivity contribution >= 4 is 29.1 Å². The maximum atomic E-state index is 13.4. The highest BCUT2D eigenvalue weighted by atomic mass is 19.1. The zero-order chi connectivity index (χ0) is 20.5. The summed E-state index contributed by atoms with van der Waals surface area (Å²) in [5, 5.41) is 2.41. The number of hydrogen-bond donors (Lipinski definition) is 1. The minimum absolute atomic E-state index is 0.0431. The minimum Gasteiger partial charge on any atom is -0.327 e. The third-order valence-electron chi connectivity index (χ3n) is 5.19. The predicted molar refractivity (Wildman–Crippen MR) is 102 cm³/mol. The SMILES string of the molecule is O=C(CN1C(=O)C2CCCCN2C(=O)c2ccccc21)Nc1cc(F)cc(F)c1. The van der Waals surface area contributed by atoms with Crippen LogP contribution in [-0.2, 0) is 9.59 Å². The molecule has 3 amide bonds. The molecule has 0 aromatic heterocycles. The molecule has 1 atom stereocenters. The number of fused-ring (bicyclic) bond motifs is 2. The van der Waals surface area contributed by atoms with Crippen LogP contribution in [0.5, 0.6) is 0 Å². The summed E-state index contributed by atoms with van der Waals surface area (Å²) >= 11 is 0. The minimum atomic E-state index is -0.820. The lowest BCUT2D eigenvalue weighted by Gasteiger charge is -2.34. The fourth-order valence-corrected chi connectivity index (χ4v) is 3.91. The van der Waals surface area contributed by atoms with Gasteiger partial charge in [0.2, 0.25) is 11.8 Å². The molecule has 1 fully saturated rings. The van der Waals surface area contributed by atoms with E-state index in [0.29, 0.717) is 30.3 Å².